The third kappa shape index (κ3) is 4.99. The van der Waals surface area contributed by atoms with Gasteiger partial charge >= 0.3 is 0 Å². The quantitative estimate of drug-likeness (QED) is 0.849. The monoisotopic (exact) mass is 314 g/mol. The predicted octanol–water partition coefficient (Wildman–Crippen LogP) is 3.16. The maximum Gasteiger partial charge on any atom is 0.216 e. The van der Waals surface area contributed by atoms with Gasteiger partial charge in [-0.1, -0.05) is 13.8 Å². The first-order valence-electron chi connectivity index (χ1n) is 8.08. The predicted molar refractivity (Wildman–Crippen MR) is 92.2 cm³/mol. The zero-order valence-electron chi connectivity index (χ0n) is 14.4. The van der Waals surface area contributed by atoms with Crippen LogP contribution in [0.5, 0.6) is 5.88 Å². The Kier molecular flexibility index (Phi) is 6.04. The highest BCUT2D eigenvalue weighted by atomic mass is 16.5. The van der Waals surface area contributed by atoms with Gasteiger partial charge in [0.15, 0.2) is 0 Å². The van der Waals surface area contributed by atoms with E-state index in [9.17, 15) is 0 Å². The van der Waals surface area contributed by atoms with E-state index in [0.29, 0.717) is 30.9 Å². The fourth-order valence-corrected chi connectivity index (χ4v) is 2.54. The summed E-state index contributed by atoms with van der Waals surface area (Å²) in [6.07, 6.45) is 4.44. The highest BCUT2D eigenvalue weighted by Crippen LogP contribution is 2.23. The second kappa shape index (κ2) is 8.02. The molecule has 0 spiro atoms. The lowest BCUT2D eigenvalue weighted by Crippen LogP contribution is -2.18. The SMILES string of the molecule is Cc1cc(-c2cnc(OCC(C)CC(C)CN)c(C)c2)ncn1. The Morgan fingerprint density at radius 2 is 1.87 bits per heavy atom. The number of nitrogens with two attached hydrogens (primary N) is 1. The van der Waals surface area contributed by atoms with Gasteiger partial charge in [-0.25, -0.2) is 15.0 Å². The van der Waals surface area contributed by atoms with Gasteiger partial charge in [-0.05, 0) is 50.8 Å². The largest absolute Gasteiger partial charge is 0.477 e. The molecule has 0 aliphatic heterocycles. The van der Waals surface area contributed by atoms with Crippen molar-refractivity contribution in [3.05, 3.63) is 35.9 Å². The molecule has 0 aliphatic rings. The average Bonchev–Trinajstić information content (AvgIpc) is 2.53. The van der Waals surface area contributed by atoms with Crippen molar-refractivity contribution in [2.75, 3.05) is 13.2 Å². The minimum Gasteiger partial charge on any atom is -0.477 e. The highest BCUT2D eigenvalue weighted by molar-refractivity contribution is 5.59. The van der Waals surface area contributed by atoms with E-state index in [0.717, 1.165) is 28.9 Å². The molecule has 0 fully saturated rings. The topological polar surface area (TPSA) is 73.9 Å². The molecule has 2 aromatic heterocycles. The maximum absolute atomic E-state index is 5.87. The standard InChI is InChI=1S/C18H26N4O/c1-12(8-19)5-13(2)10-23-18-14(3)6-16(9-20-18)17-7-15(4)21-11-22-17/h6-7,9,11-13H,5,8,10,19H2,1-4H3. The van der Waals surface area contributed by atoms with E-state index in [1.165, 1.54) is 0 Å². The molecule has 2 aromatic rings. The molecule has 0 saturated carbocycles. The smallest absolute Gasteiger partial charge is 0.216 e. The lowest BCUT2D eigenvalue weighted by Gasteiger charge is -2.17. The molecular weight excluding hydrogens is 288 g/mol. The minimum absolute atomic E-state index is 0.457. The Labute approximate surface area is 138 Å². The number of ether oxygens (including phenoxy) is 1. The minimum atomic E-state index is 0.457. The first-order chi connectivity index (χ1) is 11.0. The third-order valence-corrected chi connectivity index (χ3v) is 3.84. The van der Waals surface area contributed by atoms with Crippen molar-refractivity contribution in [2.45, 2.75) is 34.1 Å². The zero-order chi connectivity index (χ0) is 16.8. The van der Waals surface area contributed by atoms with Gasteiger partial charge in [-0.15, -0.1) is 0 Å². The summed E-state index contributed by atoms with van der Waals surface area (Å²) in [6.45, 7) is 9.68. The Bertz CT molecular complexity index is 645. The number of hydrogen-bond acceptors (Lipinski definition) is 5. The molecule has 0 amide bonds. The Hall–Kier alpha value is -2.01. The van der Waals surface area contributed by atoms with Gasteiger partial charge in [-0.3, -0.25) is 0 Å². The molecule has 0 radical (unpaired) electrons. The van der Waals surface area contributed by atoms with E-state index in [2.05, 4.69) is 34.9 Å². The number of hydrogen-bond donors (Lipinski definition) is 1. The average molecular weight is 314 g/mol. The van der Waals surface area contributed by atoms with Crippen LogP contribution in [0.1, 0.15) is 31.5 Å². The van der Waals surface area contributed by atoms with Crippen molar-refractivity contribution in [2.24, 2.45) is 17.6 Å². The normalized spacial score (nSPS) is 13.6. The van der Waals surface area contributed by atoms with Crippen molar-refractivity contribution >= 4 is 0 Å². The Morgan fingerprint density at radius 1 is 1.09 bits per heavy atom. The van der Waals surface area contributed by atoms with Crippen LogP contribution in [-0.2, 0) is 0 Å². The first-order valence-corrected chi connectivity index (χ1v) is 8.08. The molecule has 5 nitrogen and oxygen atoms in total. The summed E-state index contributed by atoms with van der Waals surface area (Å²) in [5.74, 6) is 1.66. The fourth-order valence-electron chi connectivity index (χ4n) is 2.54. The lowest BCUT2D eigenvalue weighted by atomic mass is 9.98. The van der Waals surface area contributed by atoms with Gasteiger partial charge in [0.1, 0.15) is 6.33 Å². The second-order valence-corrected chi connectivity index (χ2v) is 6.38. The summed E-state index contributed by atoms with van der Waals surface area (Å²) in [4.78, 5) is 12.9. The van der Waals surface area contributed by atoms with Crippen LogP contribution in [-0.4, -0.2) is 28.1 Å². The summed E-state index contributed by atoms with van der Waals surface area (Å²) in [6, 6.07) is 4.00. The van der Waals surface area contributed by atoms with E-state index in [-0.39, 0.29) is 0 Å². The molecule has 2 unspecified atom stereocenters. The van der Waals surface area contributed by atoms with Crippen molar-refractivity contribution in [1.82, 2.24) is 15.0 Å². The second-order valence-electron chi connectivity index (χ2n) is 6.38. The summed E-state index contributed by atoms with van der Waals surface area (Å²) < 4.78 is 5.87. The van der Waals surface area contributed by atoms with Gasteiger partial charge in [-0.2, -0.15) is 0 Å². The van der Waals surface area contributed by atoms with E-state index in [1.54, 1.807) is 12.5 Å². The van der Waals surface area contributed by atoms with Crippen molar-refractivity contribution in [3.8, 4) is 17.1 Å². The molecule has 124 valence electrons. The highest BCUT2D eigenvalue weighted by Gasteiger charge is 2.11. The van der Waals surface area contributed by atoms with Gasteiger partial charge in [0.2, 0.25) is 5.88 Å². The van der Waals surface area contributed by atoms with E-state index >= 15 is 0 Å². The molecule has 0 saturated heterocycles. The van der Waals surface area contributed by atoms with Gasteiger partial charge in [0.05, 0.1) is 12.3 Å². The van der Waals surface area contributed by atoms with E-state index < -0.39 is 0 Å². The zero-order valence-corrected chi connectivity index (χ0v) is 14.4. The molecule has 2 atom stereocenters. The van der Waals surface area contributed by atoms with E-state index in [4.69, 9.17) is 10.5 Å². The number of aromatic nitrogens is 3. The molecule has 23 heavy (non-hydrogen) atoms. The van der Waals surface area contributed by atoms with Crippen LogP contribution in [0.4, 0.5) is 0 Å². The summed E-state index contributed by atoms with van der Waals surface area (Å²) in [7, 11) is 0. The van der Waals surface area contributed by atoms with Gasteiger partial charge in [0, 0.05) is 23.0 Å². The maximum atomic E-state index is 5.87. The molecule has 0 aliphatic carbocycles. The summed E-state index contributed by atoms with van der Waals surface area (Å²) in [5.41, 5.74) is 9.48. The Morgan fingerprint density at radius 3 is 2.52 bits per heavy atom. The van der Waals surface area contributed by atoms with Crippen LogP contribution in [0.2, 0.25) is 0 Å². The van der Waals surface area contributed by atoms with Crippen LogP contribution in [0.15, 0.2) is 24.7 Å². The molecular formula is C18H26N4O. The molecule has 2 rings (SSSR count). The number of pyridine rings is 1. The number of nitrogens with zero attached hydrogens (tertiary/aromatic N) is 3. The van der Waals surface area contributed by atoms with Gasteiger partial charge < -0.3 is 10.5 Å². The fraction of sp³-hybridized carbons (Fsp3) is 0.500. The lowest BCUT2D eigenvalue weighted by molar-refractivity contribution is 0.228. The molecule has 0 bridgehead atoms. The molecule has 5 heteroatoms. The van der Waals surface area contributed by atoms with Crippen molar-refractivity contribution < 1.29 is 4.74 Å². The number of aryl methyl sites for hydroxylation is 2. The van der Waals surface area contributed by atoms with E-state index in [1.807, 2.05) is 19.9 Å². The molecule has 2 N–H and O–H groups in total. The van der Waals surface area contributed by atoms with Crippen molar-refractivity contribution in [3.63, 3.8) is 0 Å². The summed E-state index contributed by atoms with van der Waals surface area (Å²) >= 11 is 0. The van der Waals surface area contributed by atoms with Crippen LogP contribution in [0, 0.1) is 25.7 Å². The van der Waals surface area contributed by atoms with Gasteiger partial charge in [0.25, 0.3) is 0 Å². The van der Waals surface area contributed by atoms with Crippen LogP contribution in [0.25, 0.3) is 11.3 Å². The van der Waals surface area contributed by atoms with Crippen LogP contribution < -0.4 is 10.5 Å². The van der Waals surface area contributed by atoms with Crippen LogP contribution >= 0.6 is 0 Å². The van der Waals surface area contributed by atoms with Crippen LogP contribution in [0.3, 0.4) is 0 Å². The molecule has 0 aromatic carbocycles. The first kappa shape index (κ1) is 17.3. The number of rotatable bonds is 7. The third-order valence-electron chi connectivity index (χ3n) is 3.84. The summed E-state index contributed by atoms with van der Waals surface area (Å²) in [5, 5.41) is 0. The molecule has 2 heterocycles. The Balaban J connectivity index is 2.02. The van der Waals surface area contributed by atoms with Crippen molar-refractivity contribution in [1.29, 1.82) is 0 Å².